The minimum Gasteiger partial charge on any atom is -0.497 e. The molecule has 0 aliphatic carbocycles. The number of benzene rings is 2. The third kappa shape index (κ3) is 4.79. The van der Waals surface area contributed by atoms with Crippen molar-refractivity contribution in [2.75, 3.05) is 21.3 Å². The first-order valence-electron chi connectivity index (χ1n) is 7.90. The molecule has 0 aliphatic heterocycles. The molecule has 0 saturated carbocycles. The van der Waals surface area contributed by atoms with E-state index in [4.69, 9.17) is 18.9 Å². The predicted octanol–water partition coefficient (Wildman–Crippen LogP) is 4.79. The van der Waals surface area contributed by atoms with Gasteiger partial charge in [0.25, 0.3) is 0 Å². The van der Waals surface area contributed by atoms with E-state index in [-0.39, 0.29) is 5.97 Å². The van der Waals surface area contributed by atoms with Crippen LogP contribution in [0.25, 0.3) is 6.08 Å². The summed E-state index contributed by atoms with van der Waals surface area (Å²) in [5, 5.41) is 0. The normalized spacial score (nSPS) is 11.9. The van der Waals surface area contributed by atoms with E-state index >= 15 is 0 Å². The maximum Gasteiger partial charge on any atom is 0.303 e. The van der Waals surface area contributed by atoms with Gasteiger partial charge in [0.05, 0.1) is 25.8 Å². The molecule has 0 aliphatic rings. The van der Waals surface area contributed by atoms with Gasteiger partial charge in [-0.3, -0.25) is 4.79 Å². The van der Waals surface area contributed by atoms with Crippen molar-refractivity contribution in [1.29, 1.82) is 0 Å². The number of carbonyl (C=O) groups excluding carboxylic acids is 1. The maximum absolute atomic E-state index is 11.5. The standard InChI is InChI=1S/C20H21BrO5/c1-13(22)26-17(14-5-7-15(23-2)8-6-14)10-9-16-18(24-3)11-12-19(25-4)20(16)21/h5-12,17H,1-4H3/b10-9+. The van der Waals surface area contributed by atoms with E-state index in [0.29, 0.717) is 11.5 Å². The Hall–Kier alpha value is -2.47. The van der Waals surface area contributed by atoms with Gasteiger partial charge < -0.3 is 18.9 Å². The molecule has 1 atom stereocenters. The molecule has 2 aromatic carbocycles. The summed E-state index contributed by atoms with van der Waals surface area (Å²) in [4.78, 5) is 11.5. The van der Waals surface area contributed by atoms with Gasteiger partial charge in [0.2, 0.25) is 0 Å². The van der Waals surface area contributed by atoms with Crippen molar-refractivity contribution >= 4 is 28.0 Å². The highest BCUT2D eigenvalue weighted by atomic mass is 79.9. The number of hydrogen-bond acceptors (Lipinski definition) is 5. The number of hydrogen-bond donors (Lipinski definition) is 0. The number of methoxy groups -OCH3 is 3. The third-order valence-electron chi connectivity index (χ3n) is 3.72. The first kappa shape index (κ1) is 19.8. The maximum atomic E-state index is 11.5. The minimum atomic E-state index is -0.541. The second-order valence-corrected chi connectivity index (χ2v) is 6.15. The highest BCUT2D eigenvalue weighted by Gasteiger charge is 2.14. The third-order valence-corrected chi connectivity index (χ3v) is 4.54. The lowest BCUT2D eigenvalue weighted by molar-refractivity contribution is -0.144. The lowest BCUT2D eigenvalue weighted by Crippen LogP contribution is -2.06. The van der Waals surface area contributed by atoms with Gasteiger partial charge in [-0.25, -0.2) is 0 Å². The van der Waals surface area contributed by atoms with Crippen LogP contribution in [0, 0.1) is 0 Å². The second kappa shape index (κ2) is 9.29. The van der Waals surface area contributed by atoms with Gasteiger partial charge in [0, 0.05) is 12.5 Å². The summed E-state index contributed by atoms with van der Waals surface area (Å²) in [6.07, 6.45) is 3.09. The highest BCUT2D eigenvalue weighted by Crippen LogP contribution is 2.36. The van der Waals surface area contributed by atoms with Crippen LogP contribution in [0.2, 0.25) is 0 Å². The van der Waals surface area contributed by atoms with Gasteiger partial charge >= 0.3 is 5.97 Å². The van der Waals surface area contributed by atoms with E-state index in [9.17, 15) is 4.79 Å². The molecule has 0 aromatic heterocycles. The van der Waals surface area contributed by atoms with Gasteiger partial charge in [-0.1, -0.05) is 12.1 Å². The van der Waals surface area contributed by atoms with Crippen LogP contribution in [-0.4, -0.2) is 27.3 Å². The van der Waals surface area contributed by atoms with Crippen LogP contribution in [0.3, 0.4) is 0 Å². The average Bonchev–Trinajstić information content (AvgIpc) is 2.65. The molecule has 138 valence electrons. The zero-order valence-electron chi connectivity index (χ0n) is 15.1. The molecule has 0 heterocycles. The number of ether oxygens (including phenoxy) is 4. The van der Waals surface area contributed by atoms with Gasteiger partial charge in [0.15, 0.2) is 0 Å². The molecule has 5 nitrogen and oxygen atoms in total. The van der Waals surface area contributed by atoms with Gasteiger partial charge in [-0.2, -0.15) is 0 Å². The van der Waals surface area contributed by atoms with E-state index in [0.717, 1.165) is 21.3 Å². The largest absolute Gasteiger partial charge is 0.497 e. The van der Waals surface area contributed by atoms with Crippen LogP contribution in [0.1, 0.15) is 24.2 Å². The molecule has 0 saturated heterocycles. The summed E-state index contributed by atoms with van der Waals surface area (Å²) < 4.78 is 22.1. The fourth-order valence-electron chi connectivity index (χ4n) is 2.42. The van der Waals surface area contributed by atoms with Crippen LogP contribution in [-0.2, 0) is 9.53 Å². The molecule has 2 rings (SSSR count). The van der Waals surface area contributed by atoms with E-state index in [1.54, 1.807) is 27.4 Å². The van der Waals surface area contributed by atoms with Crippen molar-refractivity contribution in [3.63, 3.8) is 0 Å². The summed E-state index contributed by atoms with van der Waals surface area (Å²) in [5.41, 5.74) is 1.62. The highest BCUT2D eigenvalue weighted by molar-refractivity contribution is 9.10. The topological polar surface area (TPSA) is 54.0 Å². The van der Waals surface area contributed by atoms with E-state index < -0.39 is 6.10 Å². The number of carbonyl (C=O) groups is 1. The molecule has 0 fully saturated rings. The first-order chi connectivity index (χ1) is 12.5. The molecule has 2 aromatic rings. The fourth-order valence-corrected chi connectivity index (χ4v) is 3.04. The van der Waals surface area contributed by atoms with E-state index in [2.05, 4.69) is 15.9 Å². The van der Waals surface area contributed by atoms with Crippen molar-refractivity contribution in [1.82, 2.24) is 0 Å². The first-order valence-corrected chi connectivity index (χ1v) is 8.69. The monoisotopic (exact) mass is 420 g/mol. The van der Waals surface area contributed by atoms with E-state index in [1.807, 2.05) is 42.5 Å². The Morgan fingerprint density at radius 2 is 1.58 bits per heavy atom. The summed E-state index contributed by atoms with van der Waals surface area (Å²) in [6.45, 7) is 1.38. The molecule has 0 N–H and O–H groups in total. The zero-order chi connectivity index (χ0) is 19.1. The Morgan fingerprint density at radius 1 is 0.962 bits per heavy atom. The Bertz CT molecular complexity index is 784. The van der Waals surface area contributed by atoms with Crippen LogP contribution in [0.15, 0.2) is 46.9 Å². The molecule has 0 spiro atoms. The van der Waals surface area contributed by atoms with Crippen molar-refractivity contribution in [3.05, 3.63) is 58.1 Å². The molecule has 6 heteroatoms. The van der Waals surface area contributed by atoms with Crippen LogP contribution in [0.4, 0.5) is 0 Å². The number of halogens is 1. The smallest absolute Gasteiger partial charge is 0.303 e. The van der Waals surface area contributed by atoms with Crippen molar-refractivity contribution in [2.45, 2.75) is 13.0 Å². The Labute approximate surface area is 161 Å². The Balaban J connectivity index is 2.40. The number of esters is 1. The molecule has 26 heavy (non-hydrogen) atoms. The summed E-state index contributed by atoms with van der Waals surface area (Å²) in [5.74, 6) is 1.72. The molecule has 0 amide bonds. The summed E-state index contributed by atoms with van der Waals surface area (Å²) in [6, 6.07) is 11.0. The van der Waals surface area contributed by atoms with Crippen LogP contribution in [0.5, 0.6) is 17.2 Å². The molecule has 0 radical (unpaired) electrons. The van der Waals surface area contributed by atoms with Crippen LogP contribution >= 0.6 is 15.9 Å². The van der Waals surface area contributed by atoms with Crippen molar-refractivity contribution < 1.29 is 23.7 Å². The Morgan fingerprint density at radius 3 is 2.12 bits per heavy atom. The van der Waals surface area contributed by atoms with E-state index in [1.165, 1.54) is 6.92 Å². The molecule has 1 unspecified atom stereocenters. The van der Waals surface area contributed by atoms with Gasteiger partial charge in [-0.15, -0.1) is 0 Å². The molecule has 0 bridgehead atoms. The molecular formula is C20H21BrO5. The van der Waals surface area contributed by atoms with Gasteiger partial charge in [-0.05, 0) is 57.9 Å². The van der Waals surface area contributed by atoms with Gasteiger partial charge in [0.1, 0.15) is 23.4 Å². The number of rotatable bonds is 7. The van der Waals surface area contributed by atoms with Crippen molar-refractivity contribution in [3.8, 4) is 17.2 Å². The lowest BCUT2D eigenvalue weighted by atomic mass is 10.1. The quantitative estimate of drug-likeness (QED) is 0.602. The summed E-state index contributed by atoms with van der Waals surface area (Å²) in [7, 11) is 4.79. The Kier molecular flexibility index (Phi) is 7.09. The molecular weight excluding hydrogens is 400 g/mol. The SMILES string of the molecule is COc1ccc(C(/C=C/c2c(OC)ccc(OC)c2Br)OC(C)=O)cc1. The predicted molar refractivity (Wildman–Crippen MR) is 104 cm³/mol. The average molecular weight is 421 g/mol. The van der Waals surface area contributed by atoms with Crippen molar-refractivity contribution in [2.24, 2.45) is 0 Å². The summed E-state index contributed by atoms with van der Waals surface area (Å²) >= 11 is 3.53. The second-order valence-electron chi connectivity index (χ2n) is 5.36. The lowest BCUT2D eigenvalue weighted by Gasteiger charge is -2.15. The minimum absolute atomic E-state index is 0.368. The van der Waals surface area contributed by atoms with Crippen LogP contribution < -0.4 is 14.2 Å². The fraction of sp³-hybridized carbons (Fsp3) is 0.250. The zero-order valence-corrected chi connectivity index (χ0v) is 16.7.